The van der Waals surface area contributed by atoms with Gasteiger partial charge in [0, 0.05) is 6.07 Å². The predicted octanol–water partition coefficient (Wildman–Crippen LogP) is 1.52. The molecule has 0 bridgehead atoms. The molecule has 1 heterocycles. The molecule has 2 aromatic rings. The van der Waals surface area contributed by atoms with Crippen LogP contribution in [0.4, 0.5) is 0 Å². The standard InChI is InChI=1S/C13H12O5/c1-7-3-9(14)13-8(5-11(15)17-2)6-12(16)18-10(13)4-7/h3-4,6,14H,5H2,1-2H3. The number of carbonyl (C=O) groups excluding carboxylic acids is 1. The van der Waals surface area contributed by atoms with E-state index in [1.54, 1.807) is 19.1 Å². The van der Waals surface area contributed by atoms with Crippen molar-refractivity contribution in [3.8, 4) is 5.75 Å². The molecule has 0 saturated heterocycles. The van der Waals surface area contributed by atoms with Crippen LogP contribution in [0.25, 0.3) is 11.0 Å². The average Bonchev–Trinajstić information content (AvgIpc) is 2.26. The lowest BCUT2D eigenvalue weighted by molar-refractivity contribution is -0.139. The maximum Gasteiger partial charge on any atom is 0.336 e. The Morgan fingerprint density at radius 2 is 2.11 bits per heavy atom. The molecule has 0 saturated carbocycles. The molecule has 0 spiro atoms. The lowest BCUT2D eigenvalue weighted by Gasteiger charge is -2.07. The number of fused-ring (bicyclic) bond motifs is 1. The monoisotopic (exact) mass is 248 g/mol. The lowest BCUT2D eigenvalue weighted by Crippen LogP contribution is -2.08. The van der Waals surface area contributed by atoms with Crippen molar-refractivity contribution in [1.82, 2.24) is 0 Å². The fraction of sp³-hybridized carbons (Fsp3) is 0.231. The van der Waals surface area contributed by atoms with Gasteiger partial charge < -0.3 is 14.3 Å². The second kappa shape index (κ2) is 4.52. The molecule has 0 aliphatic rings. The number of esters is 1. The number of ether oxygens (including phenoxy) is 1. The summed E-state index contributed by atoms with van der Waals surface area (Å²) in [5.41, 5.74) is 0.856. The Morgan fingerprint density at radius 1 is 1.39 bits per heavy atom. The van der Waals surface area contributed by atoms with E-state index in [2.05, 4.69) is 4.74 Å². The Kier molecular flexibility index (Phi) is 3.06. The van der Waals surface area contributed by atoms with Gasteiger partial charge in [-0.3, -0.25) is 4.79 Å². The van der Waals surface area contributed by atoms with Crippen LogP contribution >= 0.6 is 0 Å². The topological polar surface area (TPSA) is 76.7 Å². The highest BCUT2D eigenvalue weighted by Gasteiger charge is 2.13. The molecule has 0 atom stereocenters. The second-order valence-corrected chi connectivity index (χ2v) is 4.00. The third-order valence-corrected chi connectivity index (χ3v) is 2.61. The van der Waals surface area contributed by atoms with Crippen LogP contribution in [0.2, 0.25) is 0 Å². The van der Waals surface area contributed by atoms with E-state index in [9.17, 15) is 14.7 Å². The molecule has 5 heteroatoms. The fourth-order valence-electron chi connectivity index (χ4n) is 1.86. The minimum absolute atomic E-state index is 0.0207. The smallest absolute Gasteiger partial charge is 0.336 e. The molecule has 5 nitrogen and oxygen atoms in total. The molecule has 0 fully saturated rings. The minimum Gasteiger partial charge on any atom is -0.507 e. The zero-order valence-electron chi connectivity index (χ0n) is 10.0. The van der Waals surface area contributed by atoms with Crippen molar-refractivity contribution in [2.24, 2.45) is 0 Å². The molecule has 0 amide bonds. The van der Waals surface area contributed by atoms with E-state index in [0.29, 0.717) is 10.9 Å². The van der Waals surface area contributed by atoms with Crippen LogP contribution in [0.3, 0.4) is 0 Å². The van der Waals surface area contributed by atoms with Crippen molar-refractivity contribution < 1.29 is 19.1 Å². The summed E-state index contributed by atoms with van der Waals surface area (Å²) >= 11 is 0. The molecule has 1 aromatic carbocycles. The summed E-state index contributed by atoms with van der Waals surface area (Å²) in [6.45, 7) is 1.77. The van der Waals surface area contributed by atoms with Crippen LogP contribution in [0.5, 0.6) is 5.75 Å². The van der Waals surface area contributed by atoms with E-state index in [-0.39, 0.29) is 17.8 Å². The molecule has 2 rings (SSSR count). The normalized spacial score (nSPS) is 10.6. The van der Waals surface area contributed by atoms with E-state index >= 15 is 0 Å². The maximum atomic E-state index is 11.4. The van der Waals surface area contributed by atoms with E-state index in [1.807, 2.05) is 0 Å². The first kappa shape index (κ1) is 12.2. The number of hydrogen-bond acceptors (Lipinski definition) is 5. The molecule has 18 heavy (non-hydrogen) atoms. The summed E-state index contributed by atoms with van der Waals surface area (Å²) < 4.78 is 9.56. The van der Waals surface area contributed by atoms with Gasteiger partial charge in [0.2, 0.25) is 0 Å². The summed E-state index contributed by atoms with van der Waals surface area (Å²) in [5, 5.41) is 10.3. The van der Waals surface area contributed by atoms with Crippen molar-refractivity contribution >= 4 is 16.9 Å². The van der Waals surface area contributed by atoms with Gasteiger partial charge in [0.1, 0.15) is 11.3 Å². The van der Waals surface area contributed by atoms with Gasteiger partial charge >= 0.3 is 11.6 Å². The minimum atomic E-state index is -0.564. The molecule has 0 aliphatic heterocycles. The van der Waals surface area contributed by atoms with Crippen molar-refractivity contribution in [2.45, 2.75) is 13.3 Å². The molecule has 94 valence electrons. The lowest BCUT2D eigenvalue weighted by atomic mass is 10.0. The third kappa shape index (κ3) is 2.20. The number of aromatic hydroxyl groups is 1. The van der Waals surface area contributed by atoms with Crippen LogP contribution in [-0.4, -0.2) is 18.2 Å². The van der Waals surface area contributed by atoms with E-state index in [1.165, 1.54) is 13.2 Å². The molecule has 1 aromatic heterocycles. The Bertz CT molecular complexity index is 669. The Morgan fingerprint density at radius 3 is 2.78 bits per heavy atom. The Labute approximate surface area is 103 Å². The summed E-state index contributed by atoms with van der Waals surface area (Å²) in [6, 6.07) is 4.37. The van der Waals surface area contributed by atoms with Gasteiger partial charge in [0.25, 0.3) is 0 Å². The van der Waals surface area contributed by atoms with Gasteiger partial charge in [-0.1, -0.05) is 0 Å². The highest BCUT2D eigenvalue weighted by Crippen LogP contribution is 2.28. The van der Waals surface area contributed by atoms with Crippen LogP contribution in [-0.2, 0) is 16.0 Å². The Hall–Kier alpha value is -2.30. The molecule has 0 radical (unpaired) electrons. The average molecular weight is 248 g/mol. The second-order valence-electron chi connectivity index (χ2n) is 4.00. The first-order valence-corrected chi connectivity index (χ1v) is 5.34. The van der Waals surface area contributed by atoms with Crippen molar-refractivity contribution in [3.05, 3.63) is 39.7 Å². The van der Waals surface area contributed by atoms with E-state index < -0.39 is 11.6 Å². The first-order valence-electron chi connectivity index (χ1n) is 5.34. The number of phenols is 1. The maximum absolute atomic E-state index is 11.4. The van der Waals surface area contributed by atoms with Gasteiger partial charge in [0.15, 0.2) is 0 Å². The van der Waals surface area contributed by atoms with Crippen LogP contribution < -0.4 is 5.63 Å². The summed E-state index contributed by atoms with van der Waals surface area (Å²) in [4.78, 5) is 22.7. The quantitative estimate of drug-likeness (QED) is 0.644. The molecule has 1 N–H and O–H groups in total. The van der Waals surface area contributed by atoms with Crippen molar-refractivity contribution in [2.75, 3.05) is 7.11 Å². The zero-order valence-corrected chi connectivity index (χ0v) is 10.0. The highest BCUT2D eigenvalue weighted by atomic mass is 16.5. The number of rotatable bonds is 2. The number of benzene rings is 1. The zero-order chi connectivity index (χ0) is 13.3. The molecule has 0 aliphatic carbocycles. The summed E-state index contributed by atoms with van der Waals surface area (Å²) in [7, 11) is 1.26. The predicted molar refractivity (Wildman–Crippen MR) is 64.6 cm³/mol. The molecular formula is C13H12O5. The number of phenolic OH excluding ortho intramolecular Hbond substituents is 1. The number of methoxy groups -OCH3 is 1. The fourth-order valence-corrected chi connectivity index (χ4v) is 1.86. The van der Waals surface area contributed by atoms with Gasteiger partial charge in [-0.2, -0.15) is 0 Å². The number of hydrogen-bond donors (Lipinski definition) is 1. The van der Waals surface area contributed by atoms with E-state index in [0.717, 1.165) is 5.56 Å². The summed E-state index contributed by atoms with van der Waals surface area (Å²) in [5.74, 6) is -0.505. The Balaban J connectivity index is 2.72. The molecule has 0 unspecified atom stereocenters. The van der Waals surface area contributed by atoms with Crippen LogP contribution in [0.15, 0.2) is 27.4 Å². The SMILES string of the molecule is COC(=O)Cc1cc(=O)oc2cc(C)cc(O)c12. The van der Waals surface area contributed by atoms with Gasteiger partial charge in [0.05, 0.1) is 18.9 Å². The highest BCUT2D eigenvalue weighted by molar-refractivity contribution is 5.90. The van der Waals surface area contributed by atoms with Crippen molar-refractivity contribution in [1.29, 1.82) is 0 Å². The van der Waals surface area contributed by atoms with Crippen LogP contribution in [0.1, 0.15) is 11.1 Å². The molecular weight excluding hydrogens is 236 g/mol. The number of aryl methyl sites for hydroxylation is 1. The first-order chi connectivity index (χ1) is 8.51. The summed E-state index contributed by atoms with van der Waals surface area (Å²) in [6.07, 6.45) is -0.0881. The third-order valence-electron chi connectivity index (χ3n) is 2.61. The van der Waals surface area contributed by atoms with E-state index in [4.69, 9.17) is 4.42 Å². The number of carbonyl (C=O) groups is 1. The largest absolute Gasteiger partial charge is 0.507 e. The van der Waals surface area contributed by atoms with Crippen LogP contribution in [0, 0.1) is 6.92 Å². The van der Waals surface area contributed by atoms with Crippen molar-refractivity contribution in [3.63, 3.8) is 0 Å². The van der Waals surface area contributed by atoms with Gasteiger partial charge in [-0.05, 0) is 30.2 Å². The van der Waals surface area contributed by atoms with Gasteiger partial charge in [-0.25, -0.2) is 4.79 Å². The van der Waals surface area contributed by atoms with Gasteiger partial charge in [-0.15, -0.1) is 0 Å².